The lowest BCUT2D eigenvalue weighted by atomic mass is 10.1. The van der Waals surface area contributed by atoms with Crippen molar-refractivity contribution >= 4 is 0 Å². The number of rotatable bonds is 6. The van der Waals surface area contributed by atoms with Gasteiger partial charge in [-0.3, -0.25) is 0 Å². The van der Waals surface area contributed by atoms with Gasteiger partial charge in [-0.1, -0.05) is 6.07 Å². The highest BCUT2D eigenvalue weighted by Crippen LogP contribution is 2.27. The van der Waals surface area contributed by atoms with Gasteiger partial charge in [-0.15, -0.1) is 0 Å². The molecule has 0 bridgehead atoms. The summed E-state index contributed by atoms with van der Waals surface area (Å²) in [5, 5.41) is 3.43. The van der Waals surface area contributed by atoms with Crippen molar-refractivity contribution in [3.05, 3.63) is 23.8 Å². The molecule has 1 aromatic carbocycles. The molecule has 1 aromatic rings. The Morgan fingerprint density at radius 1 is 1.17 bits per heavy atom. The third-order valence-corrected chi connectivity index (χ3v) is 2.55. The van der Waals surface area contributed by atoms with Crippen LogP contribution in [-0.2, 0) is 0 Å². The van der Waals surface area contributed by atoms with E-state index in [9.17, 15) is 0 Å². The van der Waals surface area contributed by atoms with Gasteiger partial charge in [0, 0.05) is 5.54 Å². The van der Waals surface area contributed by atoms with E-state index in [4.69, 9.17) is 9.47 Å². The molecule has 18 heavy (non-hydrogen) atoms. The largest absolute Gasteiger partial charge is 0.493 e. The number of aryl methyl sites for hydroxylation is 1. The van der Waals surface area contributed by atoms with Crippen molar-refractivity contribution < 1.29 is 9.47 Å². The zero-order chi connectivity index (χ0) is 13.6. The lowest BCUT2D eigenvalue weighted by Gasteiger charge is -2.20. The SMILES string of the molecule is COc1cc(C)ccc1OCCCNC(C)(C)C. The highest BCUT2D eigenvalue weighted by atomic mass is 16.5. The van der Waals surface area contributed by atoms with Crippen LogP contribution in [0.25, 0.3) is 0 Å². The fourth-order valence-electron chi connectivity index (χ4n) is 1.61. The van der Waals surface area contributed by atoms with Crippen LogP contribution in [0.3, 0.4) is 0 Å². The summed E-state index contributed by atoms with van der Waals surface area (Å²) in [6, 6.07) is 5.99. The van der Waals surface area contributed by atoms with Crippen molar-refractivity contribution in [2.75, 3.05) is 20.3 Å². The van der Waals surface area contributed by atoms with E-state index in [0.717, 1.165) is 24.5 Å². The molecule has 0 heterocycles. The Bertz CT molecular complexity index is 369. The summed E-state index contributed by atoms with van der Waals surface area (Å²) in [5.74, 6) is 1.62. The number of hydrogen-bond donors (Lipinski definition) is 1. The molecule has 0 spiro atoms. The first-order valence-electron chi connectivity index (χ1n) is 6.45. The van der Waals surface area contributed by atoms with Gasteiger partial charge in [-0.2, -0.15) is 0 Å². The maximum absolute atomic E-state index is 5.73. The normalized spacial score (nSPS) is 11.4. The first-order chi connectivity index (χ1) is 8.42. The summed E-state index contributed by atoms with van der Waals surface area (Å²) in [6.45, 7) is 10.2. The van der Waals surface area contributed by atoms with Crippen molar-refractivity contribution in [1.29, 1.82) is 0 Å². The number of ether oxygens (including phenoxy) is 2. The van der Waals surface area contributed by atoms with Crippen LogP contribution in [0.4, 0.5) is 0 Å². The van der Waals surface area contributed by atoms with Gasteiger partial charge < -0.3 is 14.8 Å². The molecule has 1 N–H and O–H groups in total. The second-order valence-electron chi connectivity index (χ2n) is 5.53. The van der Waals surface area contributed by atoms with Gasteiger partial charge in [0.2, 0.25) is 0 Å². The molecule has 0 aromatic heterocycles. The number of nitrogens with one attached hydrogen (secondary N) is 1. The number of hydrogen-bond acceptors (Lipinski definition) is 3. The van der Waals surface area contributed by atoms with E-state index in [1.54, 1.807) is 7.11 Å². The van der Waals surface area contributed by atoms with Crippen LogP contribution < -0.4 is 14.8 Å². The van der Waals surface area contributed by atoms with Crippen molar-refractivity contribution in [2.45, 2.75) is 39.7 Å². The third-order valence-electron chi connectivity index (χ3n) is 2.55. The average molecular weight is 251 g/mol. The Kier molecular flexibility index (Phi) is 5.48. The quantitative estimate of drug-likeness (QED) is 0.788. The summed E-state index contributed by atoms with van der Waals surface area (Å²) in [5.41, 5.74) is 1.34. The monoisotopic (exact) mass is 251 g/mol. The first kappa shape index (κ1) is 14.8. The molecule has 0 saturated carbocycles. The summed E-state index contributed by atoms with van der Waals surface area (Å²) in [6.07, 6.45) is 0.980. The van der Waals surface area contributed by atoms with Crippen molar-refractivity contribution in [1.82, 2.24) is 5.32 Å². The molecule has 0 atom stereocenters. The number of benzene rings is 1. The van der Waals surface area contributed by atoms with E-state index < -0.39 is 0 Å². The van der Waals surface area contributed by atoms with Gasteiger partial charge >= 0.3 is 0 Å². The Labute approximate surface area is 110 Å². The number of methoxy groups -OCH3 is 1. The molecule has 0 saturated heterocycles. The minimum atomic E-state index is 0.168. The van der Waals surface area contributed by atoms with Gasteiger partial charge in [0.25, 0.3) is 0 Å². The maximum Gasteiger partial charge on any atom is 0.161 e. The topological polar surface area (TPSA) is 30.5 Å². The molecular weight excluding hydrogens is 226 g/mol. The van der Waals surface area contributed by atoms with Crippen LogP contribution in [0.5, 0.6) is 11.5 Å². The van der Waals surface area contributed by atoms with E-state index in [2.05, 4.69) is 26.1 Å². The lowest BCUT2D eigenvalue weighted by Crippen LogP contribution is -2.36. The predicted octanol–water partition coefficient (Wildman–Crippen LogP) is 3.16. The molecule has 0 radical (unpaired) electrons. The molecule has 102 valence electrons. The zero-order valence-corrected chi connectivity index (χ0v) is 12.2. The van der Waals surface area contributed by atoms with Crippen LogP contribution in [0, 0.1) is 6.92 Å². The maximum atomic E-state index is 5.73. The standard InChI is InChI=1S/C15H25NO2/c1-12-7-8-13(14(11-12)17-5)18-10-6-9-16-15(2,3)4/h7-8,11,16H,6,9-10H2,1-5H3. The Morgan fingerprint density at radius 3 is 2.50 bits per heavy atom. The second kappa shape index (κ2) is 6.64. The smallest absolute Gasteiger partial charge is 0.161 e. The van der Waals surface area contributed by atoms with Crippen LogP contribution in [0.1, 0.15) is 32.8 Å². The van der Waals surface area contributed by atoms with Crippen molar-refractivity contribution in [3.8, 4) is 11.5 Å². The molecule has 3 nitrogen and oxygen atoms in total. The fourth-order valence-corrected chi connectivity index (χ4v) is 1.61. The van der Waals surface area contributed by atoms with Gasteiger partial charge in [-0.05, 0) is 58.4 Å². The van der Waals surface area contributed by atoms with Crippen LogP contribution in [-0.4, -0.2) is 25.8 Å². The van der Waals surface area contributed by atoms with E-state index >= 15 is 0 Å². The molecule has 0 amide bonds. The fraction of sp³-hybridized carbons (Fsp3) is 0.600. The third kappa shape index (κ3) is 5.41. The molecule has 1 rings (SSSR count). The van der Waals surface area contributed by atoms with Crippen molar-refractivity contribution in [3.63, 3.8) is 0 Å². The van der Waals surface area contributed by atoms with E-state index in [0.29, 0.717) is 6.61 Å². The predicted molar refractivity (Wildman–Crippen MR) is 75.6 cm³/mol. The molecule has 0 unspecified atom stereocenters. The zero-order valence-electron chi connectivity index (χ0n) is 12.2. The van der Waals surface area contributed by atoms with Gasteiger partial charge in [0.15, 0.2) is 11.5 Å². The van der Waals surface area contributed by atoms with Crippen LogP contribution >= 0.6 is 0 Å². The Hall–Kier alpha value is -1.22. The molecular formula is C15H25NO2. The first-order valence-corrected chi connectivity index (χ1v) is 6.45. The summed E-state index contributed by atoms with van der Waals surface area (Å²) >= 11 is 0. The molecule has 0 aliphatic carbocycles. The second-order valence-corrected chi connectivity index (χ2v) is 5.53. The molecule has 3 heteroatoms. The van der Waals surface area contributed by atoms with E-state index in [1.807, 2.05) is 25.1 Å². The molecule has 0 fully saturated rings. The van der Waals surface area contributed by atoms with Gasteiger partial charge in [0.1, 0.15) is 0 Å². The highest BCUT2D eigenvalue weighted by Gasteiger charge is 2.08. The Morgan fingerprint density at radius 2 is 1.89 bits per heavy atom. The lowest BCUT2D eigenvalue weighted by molar-refractivity contribution is 0.281. The van der Waals surface area contributed by atoms with E-state index in [-0.39, 0.29) is 5.54 Å². The van der Waals surface area contributed by atoms with Crippen molar-refractivity contribution in [2.24, 2.45) is 0 Å². The van der Waals surface area contributed by atoms with Gasteiger partial charge in [0.05, 0.1) is 13.7 Å². The van der Waals surface area contributed by atoms with Gasteiger partial charge in [-0.25, -0.2) is 0 Å². The average Bonchev–Trinajstić information content (AvgIpc) is 2.28. The summed E-state index contributed by atoms with van der Waals surface area (Å²) in [7, 11) is 1.67. The minimum Gasteiger partial charge on any atom is -0.493 e. The Balaban J connectivity index is 2.35. The molecule has 0 aliphatic heterocycles. The van der Waals surface area contributed by atoms with Crippen LogP contribution in [0.2, 0.25) is 0 Å². The highest BCUT2D eigenvalue weighted by molar-refractivity contribution is 5.42. The molecule has 0 aliphatic rings. The van der Waals surface area contributed by atoms with E-state index in [1.165, 1.54) is 5.56 Å². The van der Waals surface area contributed by atoms with Crippen LogP contribution in [0.15, 0.2) is 18.2 Å². The minimum absolute atomic E-state index is 0.168. The summed E-state index contributed by atoms with van der Waals surface area (Å²) < 4.78 is 11.0. The summed E-state index contributed by atoms with van der Waals surface area (Å²) in [4.78, 5) is 0.